The summed E-state index contributed by atoms with van der Waals surface area (Å²) in [7, 11) is 0. The third-order valence-electron chi connectivity index (χ3n) is 3.91. The Morgan fingerprint density at radius 2 is 2.05 bits per heavy atom. The zero-order valence-electron chi connectivity index (χ0n) is 10.9. The van der Waals surface area contributed by atoms with Crippen LogP contribution in [0.3, 0.4) is 0 Å². The highest BCUT2D eigenvalue weighted by molar-refractivity contribution is 5.77. The predicted octanol–water partition coefficient (Wildman–Crippen LogP) is 2.50. The molecule has 0 saturated carbocycles. The molecule has 0 fully saturated rings. The standard InChI is InChI=1S/C16H15N3O/c20-11-5-6-14-15(7-11)19-16(18-14)13-9-17-8-10-3-1-2-4-12(10)13/h1-7,13,17,20H,8-9H2,(H,18,19). The Morgan fingerprint density at radius 1 is 1.15 bits per heavy atom. The van der Waals surface area contributed by atoms with Crippen LogP contribution < -0.4 is 5.32 Å². The maximum absolute atomic E-state index is 9.55. The maximum Gasteiger partial charge on any atom is 0.117 e. The molecule has 0 saturated heterocycles. The second-order valence-corrected chi connectivity index (χ2v) is 5.21. The lowest BCUT2D eigenvalue weighted by Crippen LogP contribution is -2.29. The van der Waals surface area contributed by atoms with Crippen LogP contribution in [0.1, 0.15) is 22.9 Å². The van der Waals surface area contributed by atoms with Crippen LogP contribution in [0.2, 0.25) is 0 Å². The molecular weight excluding hydrogens is 250 g/mol. The molecule has 2 heterocycles. The second kappa shape index (κ2) is 4.35. The zero-order valence-corrected chi connectivity index (χ0v) is 10.9. The second-order valence-electron chi connectivity index (χ2n) is 5.21. The molecule has 4 heteroatoms. The minimum Gasteiger partial charge on any atom is -0.508 e. The first-order valence-electron chi connectivity index (χ1n) is 6.78. The fourth-order valence-corrected chi connectivity index (χ4v) is 2.92. The minimum absolute atomic E-state index is 0.231. The third kappa shape index (κ3) is 1.77. The van der Waals surface area contributed by atoms with Crippen molar-refractivity contribution in [1.82, 2.24) is 15.3 Å². The number of hydrogen-bond acceptors (Lipinski definition) is 3. The van der Waals surface area contributed by atoms with Gasteiger partial charge in [-0.3, -0.25) is 0 Å². The molecule has 100 valence electrons. The molecule has 3 aromatic rings. The summed E-state index contributed by atoms with van der Waals surface area (Å²) < 4.78 is 0. The molecule has 0 radical (unpaired) electrons. The molecule has 4 rings (SSSR count). The lowest BCUT2D eigenvalue weighted by molar-refractivity contribution is 0.476. The Balaban J connectivity index is 1.84. The number of aromatic hydroxyl groups is 1. The number of aromatic amines is 1. The topological polar surface area (TPSA) is 60.9 Å². The number of phenolic OH excluding ortho intramolecular Hbond substituents is 1. The van der Waals surface area contributed by atoms with Gasteiger partial charge in [0.25, 0.3) is 0 Å². The summed E-state index contributed by atoms with van der Waals surface area (Å²) in [5.41, 5.74) is 4.42. The van der Waals surface area contributed by atoms with Gasteiger partial charge in [-0.1, -0.05) is 24.3 Å². The van der Waals surface area contributed by atoms with Crippen LogP contribution in [0.5, 0.6) is 5.75 Å². The average molecular weight is 265 g/mol. The molecule has 0 spiro atoms. The third-order valence-corrected chi connectivity index (χ3v) is 3.91. The number of hydrogen-bond donors (Lipinski definition) is 3. The van der Waals surface area contributed by atoms with E-state index in [0.29, 0.717) is 0 Å². The molecule has 1 aliphatic rings. The van der Waals surface area contributed by atoms with Crippen LogP contribution in [-0.2, 0) is 6.54 Å². The smallest absolute Gasteiger partial charge is 0.117 e. The Hall–Kier alpha value is -2.33. The van der Waals surface area contributed by atoms with Gasteiger partial charge in [-0.15, -0.1) is 0 Å². The van der Waals surface area contributed by atoms with Crippen molar-refractivity contribution in [3.8, 4) is 5.75 Å². The number of H-pyrrole nitrogens is 1. The maximum atomic E-state index is 9.55. The van der Waals surface area contributed by atoms with Crippen molar-refractivity contribution < 1.29 is 5.11 Å². The number of fused-ring (bicyclic) bond motifs is 2. The average Bonchev–Trinajstić information content (AvgIpc) is 2.89. The lowest BCUT2D eigenvalue weighted by atomic mass is 9.90. The van der Waals surface area contributed by atoms with E-state index >= 15 is 0 Å². The number of benzene rings is 2. The summed E-state index contributed by atoms with van der Waals surface area (Å²) in [6.07, 6.45) is 0. The lowest BCUT2D eigenvalue weighted by Gasteiger charge is -2.24. The van der Waals surface area contributed by atoms with Crippen molar-refractivity contribution in [2.75, 3.05) is 6.54 Å². The van der Waals surface area contributed by atoms with E-state index in [0.717, 1.165) is 29.9 Å². The van der Waals surface area contributed by atoms with Crippen LogP contribution in [0.25, 0.3) is 11.0 Å². The monoisotopic (exact) mass is 265 g/mol. The molecule has 0 aliphatic carbocycles. The van der Waals surface area contributed by atoms with Gasteiger partial charge in [-0.25, -0.2) is 4.98 Å². The van der Waals surface area contributed by atoms with Crippen molar-refractivity contribution in [3.63, 3.8) is 0 Å². The molecule has 3 N–H and O–H groups in total. The molecule has 1 aliphatic heterocycles. The van der Waals surface area contributed by atoms with Crippen LogP contribution >= 0.6 is 0 Å². The van der Waals surface area contributed by atoms with E-state index < -0.39 is 0 Å². The predicted molar refractivity (Wildman–Crippen MR) is 77.8 cm³/mol. The molecule has 1 atom stereocenters. The largest absolute Gasteiger partial charge is 0.508 e. The van der Waals surface area contributed by atoms with Gasteiger partial charge in [0.2, 0.25) is 0 Å². The number of nitrogens with zero attached hydrogens (tertiary/aromatic N) is 1. The van der Waals surface area contributed by atoms with Crippen molar-refractivity contribution in [2.45, 2.75) is 12.5 Å². The van der Waals surface area contributed by atoms with Crippen molar-refractivity contribution in [3.05, 3.63) is 59.4 Å². The van der Waals surface area contributed by atoms with Gasteiger partial charge in [0, 0.05) is 19.2 Å². The highest BCUT2D eigenvalue weighted by atomic mass is 16.3. The van der Waals surface area contributed by atoms with E-state index in [1.165, 1.54) is 11.1 Å². The molecule has 0 bridgehead atoms. The van der Waals surface area contributed by atoms with E-state index in [-0.39, 0.29) is 11.7 Å². The highest BCUT2D eigenvalue weighted by Crippen LogP contribution is 2.30. The molecule has 1 aromatic heterocycles. The van der Waals surface area contributed by atoms with Gasteiger partial charge in [0.1, 0.15) is 11.6 Å². The summed E-state index contributed by atoms with van der Waals surface area (Å²) >= 11 is 0. The summed E-state index contributed by atoms with van der Waals surface area (Å²) in [4.78, 5) is 8.01. The molecule has 1 unspecified atom stereocenters. The quantitative estimate of drug-likeness (QED) is 0.633. The van der Waals surface area contributed by atoms with E-state index in [1.54, 1.807) is 12.1 Å². The summed E-state index contributed by atoms with van der Waals surface area (Å²) in [5, 5.41) is 13.0. The zero-order chi connectivity index (χ0) is 13.5. The van der Waals surface area contributed by atoms with Gasteiger partial charge < -0.3 is 15.4 Å². The number of rotatable bonds is 1. The van der Waals surface area contributed by atoms with Crippen molar-refractivity contribution in [2.24, 2.45) is 0 Å². The Bertz CT molecular complexity index is 778. The van der Waals surface area contributed by atoms with Crippen LogP contribution in [-0.4, -0.2) is 21.6 Å². The fourth-order valence-electron chi connectivity index (χ4n) is 2.92. The Labute approximate surface area is 116 Å². The van der Waals surface area contributed by atoms with Crippen LogP contribution in [0, 0.1) is 0 Å². The first-order chi connectivity index (χ1) is 9.81. The normalized spacial score (nSPS) is 18.1. The number of imidazole rings is 1. The van der Waals surface area contributed by atoms with Gasteiger partial charge >= 0.3 is 0 Å². The summed E-state index contributed by atoms with van der Waals surface area (Å²) in [6, 6.07) is 13.7. The van der Waals surface area contributed by atoms with Gasteiger partial charge in [-0.05, 0) is 23.3 Å². The fraction of sp³-hybridized carbons (Fsp3) is 0.188. The summed E-state index contributed by atoms with van der Waals surface area (Å²) in [5.74, 6) is 1.44. The van der Waals surface area contributed by atoms with Crippen LogP contribution in [0.15, 0.2) is 42.5 Å². The van der Waals surface area contributed by atoms with E-state index in [1.807, 2.05) is 6.07 Å². The molecule has 20 heavy (non-hydrogen) atoms. The SMILES string of the molecule is Oc1ccc2nc(C3CNCc4ccccc43)[nH]c2c1. The number of nitrogens with one attached hydrogen (secondary N) is 2. The highest BCUT2D eigenvalue weighted by Gasteiger charge is 2.23. The summed E-state index contributed by atoms with van der Waals surface area (Å²) in [6.45, 7) is 1.79. The molecular formula is C16H15N3O. The molecule has 2 aromatic carbocycles. The van der Waals surface area contributed by atoms with Crippen molar-refractivity contribution >= 4 is 11.0 Å². The molecule has 4 nitrogen and oxygen atoms in total. The Morgan fingerprint density at radius 3 is 3.00 bits per heavy atom. The van der Waals surface area contributed by atoms with Gasteiger partial charge in [-0.2, -0.15) is 0 Å². The Kier molecular flexibility index (Phi) is 2.50. The van der Waals surface area contributed by atoms with E-state index in [2.05, 4.69) is 39.6 Å². The van der Waals surface area contributed by atoms with E-state index in [9.17, 15) is 5.11 Å². The van der Waals surface area contributed by atoms with Crippen LogP contribution in [0.4, 0.5) is 0 Å². The number of aromatic nitrogens is 2. The van der Waals surface area contributed by atoms with Crippen molar-refractivity contribution in [1.29, 1.82) is 0 Å². The molecule has 0 amide bonds. The van der Waals surface area contributed by atoms with Gasteiger partial charge in [0.05, 0.1) is 17.0 Å². The first-order valence-corrected chi connectivity index (χ1v) is 6.78. The first kappa shape index (κ1) is 11.5. The minimum atomic E-state index is 0.231. The number of phenols is 1. The van der Waals surface area contributed by atoms with Gasteiger partial charge in [0.15, 0.2) is 0 Å². The van der Waals surface area contributed by atoms with E-state index in [4.69, 9.17) is 0 Å².